The quantitative estimate of drug-likeness (QED) is 0.471. The minimum absolute atomic E-state index is 0.133. The van der Waals surface area contributed by atoms with E-state index in [2.05, 4.69) is 5.32 Å². The van der Waals surface area contributed by atoms with Crippen molar-refractivity contribution in [3.05, 3.63) is 0 Å². The van der Waals surface area contributed by atoms with Gasteiger partial charge >= 0.3 is 0 Å². The Morgan fingerprint density at radius 3 is 2.80 bits per heavy atom. The van der Waals surface area contributed by atoms with Crippen LogP contribution in [0.1, 0.15) is 12.8 Å². The van der Waals surface area contributed by atoms with E-state index >= 15 is 0 Å². The van der Waals surface area contributed by atoms with Gasteiger partial charge in [-0.25, -0.2) is 0 Å². The van der Waals surface area contributed by atoms with Crippen molar-refractivity contribution in [2.24, 2.45) is 5.14 Å². The van der Waals surface area contributed by atoms with Crippen LogP contribution in [0.25, 0.3) is 0 Å². The van der Waals surface area contributed by atoms with E-state index < -0.39 is 5.25 Å². The Morgan fingerprint density at radius 1 is 1.67 bits per heavy atom. The van der Waals surface area contributed by atoms with Crippen LogP contribution < -0.4 is 10.5 Å². The van der Waals surface area contributed by atoms with Crippen LogP contribution in [0.3, 0.4) is 0 Å². The van der Waals surface area contributed by atoms with E-state index in [1.165, 1.54) is 7.05 Å². The molecule has 1 aliphatic heterocycles. The number of hydrogen-bond donors (Lipinski definition) is 2. The minimum atomic E-state index is -0.484. The Balaban J connectivity index is 2.51. The standard InChI is InChI=1S/C8H13N3O3S/c1-10-6(12)2-3-11-7(13)4-5(15-9)8(11)14/h5H,2-4,9H2,1H3,(H,10,12). The van der Waals surface area contributed by atoms with Crippen LogP contribution in [-0.4, -0.2) is 41.5 Å². The highest BCUT2D eigenvalue weighted by Gasteiger charge is 2.38. The summed E-state index contributed by atoms with van der Waals surface area (Å²) in [5, 5.41) is 7.21. The molecule has 6 nitrogen and oxygen atoms in total. The van der Waals surface area contributed by atoms with Gasteiger partial charge in [-0.3, -0.25) is 24.4 Å². The number of carbonyl (C=O) groups excluding carboxylic acids is 3. The zero-order valence-electron chi connectivity index (χ0n) is 8.36. The fourth-order valence-corrected chi connectivity index (χ4v) is 1.81. The molecule has 0 aromatic rings. The number of carbonyl (C=O) groups is 3. The van der Waals surface area contributed by atoms with Crippen LogP contribution in [0.2, 0.25) is 0 Å². The molecule has 0 aliphatic carbocycles. The maximum Gasteiger partial charge on any atom is 0.244 e. The van der Waals surface area contributed by atoms with E-state index in [9.17, 15) is 14.4 Å². The summed E-state index contributed by atoms with van der Waals surface area (Å²) in [5.41, 5.74) is 0. The molecule has 84 valence electrons. The molecular formula is C8H13N3O3S. The molecule has 3 amide bonds. The van der Waals surface area contributed by atoms with E-state index in [0.717, 1.165) is 16.8 Å². The van der Waals surface area contributed by atoms with E-state index in [0.29, 0.717) is 0 Å². The lowest BCUT2D eigenvalue weighted by Gasteiger charge is -2.13. The Labute approximate surface area is 91.7 Å². The predicted molar refractivity (Wildman–Crippen MR) is 55.6 cm³/mol. The summed E-state index contributed by atoms with van der Waals surface area (Å²) in [6.45, 7) is 0.133. The monoisotopic (exact) mass is 231 g/mol. The van der Waals surface area contributed by atoms with E-state index in [4.69, 9.17) is 5.14 Å². The fourth-order valence-electron chi connectivity index (χ4n) is 1.33. The molecule has 1 aliphatic rings. The number of nitrogens with one attached hydrogen (secondary N) is 1. The molecule has 0 radical (unpaired) electrons. The highest BCUT2D eigenvalue weighted by atomic mass is 32.2. The normalized spacial score (nSPS) is 20.9. The van der Waals surface area contributed by atoms with Gasteiger partial charge in [0, 0.05) is 26.4 Å². The zero-order chi connectivity index (χ0) is 11.4. The number of nitrogens with two attached hydrogens (primary N) is 1. The first kappa shape index (κ1) is 12.0. The molecule has 15 heavy (non-hydrogen) atoms. The molecule has 0 bridgehead atoms. The van der Waals surface area contributed by atoms with Crippen LogP contribution in [-0.2, 0) is 14.4 Å². The second-order valence-corrected chi connectivity index (χ2v) is 3.98. The van der Waals surface area contributed by atoms with Crippen molar-refractivity contribution in [2.45, 2.75) is 18.1 Å². The largest absolute Gasteiger partial charge is 0.359 e. The van der Waals surface area contributed by atoms with Crippen molar-refractivity contribution in [1.82, 2.24) is 10.2 Å². The summed E-state index contributed by atoms with van der Waals surface area (Å²) >= 11 is 0.875. The third kappa shape index (κ3) is 2.69. The van der Waals surface area contributed by atoms with E-state index in [1.54, 1.807) is 0 Å². The van der Waals surface area contributed by atoms with Gasteiger partial charge in [0.25, 0.3) is 0 Å². The van der Waals surface area contributed by atoms with Gasteiger partial charge in [-0.05, 0) is 0 Å². The third-order valence-electron chi connectivity index (χ3n) is 2.21. The van der Waals surface area contributed by atoms with Crippen molar-refractivity contribution < 1.29 is 14.4 Å². The third-order valence-corrected chi connectivity index (χ3v) is 2.90. The number of imide groups is 1. The average Bonchev–Trinajstić information content (AvgIpc) is 2.51. The first-order valence-corrected chi connectivity index (χ1v) is 5.44. The summed E-state index contributed by atoms with van der Waals surface area (Å²) in [4.78, 5) is 34.9. The molecule has 0 saturated carbocycles. The second-order valence-electron chi connectivity index (χ2n) is 3.14. The lowest BCUT2D eigenvalue weighted by atomic mass is 10.3. The molecule has 1 fully saturated rings. The summed E-state index contributed by atoms with van der Waals surface area (Å²) < 4.78 is 0. The van der Waals surface area contributed by atoms with Crippen LogP contribution in [0.5, 0.6) is 0 Å². The first-order valence-electron chi connectivity index (χ1n) is 4.50. The number of amides is 3. The number of likely N-dealkylation sites (tertiary alicyclic amines) is 1. The number of hydrogen-bond acceptors (Lipinski definition) is 5. The molecule has 1 rings (SSSR count). The first-order chi connectivity index (χ1) is 7.10. The fraction of sp³-hybridized carbons (Fsp3) is 0.625. The van der Waals surface area contributed by atoms with Crippen LogP contribution in [0.4, 0.5) is 0 Å². The summed E-state index contributed by atoms with van der Waals surface area (Å²) in [7, 11) is 1.51. The van der Waals surface area contributed by atoms with Gasteiger partial charge in [0.2, 0.25) is 17.7 Å². The molecule has 3 N–H and O–H groups in total. The maximum atomic E-state index is 11.5. The van der Waals surface area contributed by atoms with Gasteiger partial charge in [-0.15, -0.1) is 0 Å². The van der Waals surface area contributed by atoms with Crippen LogP contribution in [0, 0.1) is 0 Å². The van der Waals surface area contributed by atoms with Crippen LogP contribution in [0.15, 0.2) is 0 Å². The molecule has 7 heteroatoms. The maximum absolute atomic E-state index is 11.5. The Hall–Kier alpha value is -1.08. The minimum Gasteiger partial charge on any atom is -0.359 e. The van der Waals surface area contributed by atoms with Gasteiger partial charge < -0.3 is 5.32 Å². The number of rotatable bonds is 4. The van der Waals surface area contributed by atoms with E-state index in [1.807, 2.05) is 0 Å². The topological polar surface area (TPSA) is 92.5 Å². The lowest BCUT2D eigenvalue weighted by Crippen LogP contribution is -2.35. The summed E-state index contributed by atoms with van der Waals surface area (Å²) in [6.07, 6.45) is 0.268. The van der Waals surface area contributed by atoms with Gasteiger partial charge in [0.15, 0.2) is 0 Å². The summed E-state index contributed by atoms with van der Waals surface area (Å²) in [5.74, 6) is -0.747. The van der Waals surface area contributed by atoms with Gasteiger partial charge in [0.05, 0.1) is 0 Å². The highest BCUT2D eigenvalue weighted by molar-refractivity contribution is 7.98. The Bertz CT molecular complexity index is 295. The second kappa shape index (κ2) is 5.13. The molecule has 1 atom stereocenters. The smallest absolute Gasteiger partial charge is 0.244 e. The number of nitrogens with zero attached hydrogens (tertiary/aromatic N) is 1. The highest BCUT2D eigenvalue weighted by Crippen LogP contribution is 2.21. The van der Waals surface area contributed by atoms with Crippen molar-refractivity contribution in [3.63, 3.8) is 0 Å². The van der Waals surface area contributed by atoms with Crippen LogP contribution >= 0.6 is 11.9 Å². The molecule has 0 aromatic heterocycles. The molecule has 1 heterocycles. The van der Waals surface area contributed by atoms with Gasteiger partial charge in [-0.1, -0.05) is 11.9 Å². The van der Waals surface area contributed by atoms with E-state index in [-0.39, 0.29) is 37.1 Å². The van der Waals surface area contributed by atoms with Crippen molar-refractivity contribution >= 4 is 29.7 Å². The molecular weight excluding hydrogens is 218 g/mol. The molecule has 0 spiro atoms. The van der Waals surface area contributed by atoms with Crippen molar-refractivity contribution in [2.75, 3.05) is 13.6 Å². The predicted octanol–water partition coefficient (Wildman–Crippen LogP) is -1.14. The zero-order valence-corrected chi connectivity index (χ0v) is 9.17. The Kier molecular flexibility index (Phi) is 4.10. The molecule has 1 saturated heterocycles. The van der Waals surface area contributed by atoms with Crippen molar-refractivity contribution in [1.29, 1.82) is 0 Å². The van der Waals surface area contributed by atoms with Gasteiger partial charge in [0.1, 0.15) is 5.25 Å². The molecule has 1 unspecified atom stereocenters. The summed E-state index contributed by atoms with van der Waals surface area (Å²) in [6, 6.07) is 0. The lowest BCUT2D eigenvalue weighted by molar-refractivity contribution is -0.138. The molecule has 0 aromatic carbocycles. The van der Waals surface area contributed by atoms with Gasteiger partial charge in [-0.2, -0.15) is 0 Å². The van der Waals surface area contributed by atoms with Crippen molar-refractivity contribution in [3.8, 4) is 0 Å². The Morgan fingerprint density at radius 2 is 2.33 bits per heavy atom. The SMILES string of the molecule is CNC(=O)CCN1C(=O)CC(SN)C1=O. The average molecular weight is 231 g/mol.